The Balaban J connectivity index is 1.64. The summed E-state index contributed by atoms with van der Waals surface area (Å²) in [6, 6.07) is 26.9. The fraction of sp³-hybridized carbons (Fsp3) is 0.160. The highest BCUT2D eigenvalue weighted by molar-refractivity contribution is 5.80. The van der Waals surface area contributed by atoms with Gasteiger partial charge in [-0.25, -0.2) is 4.98 Å². The van der Waals surface area contributed by atoms with Gasteiger partial charge in [-0.2, -0.15) is 0 Å². The minimum atomic E-state index is 0.750. The molecule has 1 aromatic heterocycles. The second-order valence-electron chi connectivity index (χ2n) is 6.78. The number of hydrogen-bond donors (Lipinski definition) is 0. The predicted molar refractivity (Wildman–Crippen MR) is 116 cm³/mol. The average molecular weight is 368 g/mol. The Kier molecular flexibility index (Phi) is 5.53. The molecule has 0 aliphatic rings. The molecule has 0 amide bonds. The van der Waals surface area contributed by atoms with Gasteiger partial charge in [0.15, 0.2) is 0 Å². The van der Waals surface area contributed by atoms with E-state index in [1.807, 2.05) is 36.4 Å². The van der Waals surface area contributed by atoms with Crippen molar-refractivity contribution < 1.29 is 4.74 Å². The number of benzene rings is 3. The van der Waals surface area contributed by atoms with Crippen LogP contribution >= 0.6 is 0 Å². The van der Waals surface area contributed by atoms with Crippen molar-refractivity contribution >= 4 is 23.2 Å². The summed E-state index contributed by atoms with van der Waals surface area (Å²) < 4.78 is 7.96. The maximum atomic E-state index is 5.70. The number of imidazole rings is 1. The van der Waals surface area contributed by atoms with Crippen LogP contribution in [-0.2, 0) is 6.54 Å². The summed E-state index contributed by atoms with van der Waals surface area (Å²) in [6.07, 6.45) is 5.22. The smallest absolute Gasteiger partial charge is 0.134 e. The zero-order valence-corrected chi connectivity index (χ0v) is 16.1. The van der Waals surface area contributed by atoms with Gasteiger partial charge < -0.3 is 9.30 Å². The van der Waals surface area contributed by atoms with Gasteiger partial charge in [-0.05, 0) is 47.9 Å². The molecule has 0 N–H and O–H groups in total. The number of nitrogens with zero attached hydrogens (tertiary/aromatic N) is 2. The van der Waals surface area contributed by atoms with Crippen molar-refractivity contribution in [1.29, 1.82) is 0 Å². The van der Waals surface area contributed by atoms with Crippen molar-refractivity contribution in [2.75, 3.05) is 6.61 Å². The topological polar surface area (TPSA) is 27.1 Å². The first-order valence-electron chi connectivity index (χ1n) is 9.73. The summed E-state index contributed by atoms with van der Waals surface area (Å²) in [6.45, 7) is 3.63. The molecule has 0 aliphatic carbocycles. The van der Waals surface area contributed by atoms with Crippen molar-refractivity contribution in [3.8, 4) is 5.75 Å². The maximum absolute atomic E-state index is 5.70. The van der Waals surface area contributed by atoms with Crippen LogP contribution in [0.4, 0.5) is 0 Å². The average Bonchev–Trinajstić information content (AvgIpc) is 3.10. The Morgan fingerprint density at radius 1 is 0.857 bits per heavy atom. The predicted octanol–water partition coefficient (Wildman–Crippen LogP) is 6.04. The van der Waals surface area contributed by atoms with E-state index >= 15 is 0 Å². The van der Waals surface area contributed by atoms with E-state index in [-0.39, 0.29) is 0 Å². The first kappa shape index (κ1) is 18.1. The van der Waals surface area contributed by atoms with Crippen molar-refractivity contribution in [3.63, 3.8) is 0 Å². The lowest BCUT2D eigenvalue weighted by Gasteiger charge is -2.09. The second kappa shape index (κ2) is 8.57. The van der Waals surface area contributed by atoms with Gasteiger partial charge >= 0.3 is 0 Å². The molecule has 0 fully saturated rings. The van der Waals surface area contributed by atoms with E-state index in [1.54, 1.807) is 0 Å². The lowest BCUT2D eigenvalue weighted by Crippen LogP contribution is -2.02. The largest absolute Gasteiger partial charge is 0.494 e. The normalized spacial score (nSPS) is 11.3. The third-order valence-electron chi connectivity index (χ3n) is 4.65. The highest BCUT2D eigenvalue weighted by Crippen LogP contribution is 2.21. The molecule has 0 spiro atoms. The molecule has 0 saturated carbocycles. The van der Waals surface area contributed by atoms with Gasteiger partial charge in [-0.1, -0.05) is 67.6 Å². The van der Waals surface area contributed by atoms with Crippen molar-refractivity contribution in [3.05, 3.63) is 95.8 Å². The van der Waals surface area contributed by atoms with Gasteiger partial charge in [0.2, 0.25) is 0 Å². The van der Waals surface area contributed by atoms with Crippen LogP contribution < -0.4 is 4.74 Å². The zero-order valence-electron chi connectivity index (χ0n) is 16.1. The summed E-state index contributed by atoms with van der Waals surface area (Å²) in [4.78, 5) is 4.83. The standard InChI is InChI=1S/C25H24N2O/c1-2-18-28-22-15-12-21(13-16-22)19-27-24-11-7-6-10-23(24)26-25(27)17-14-20-8-4-3-5-9-20/h3-17H,2,18-19H2,1H3/b17-14+. The second-order valence-corrected chi connectivity index (χ2v) is 6.78. The maximum Gasteiger partial charge on any atom is 0.134 e. The third-order valence-corrected chi connectivity index (χ3v) is 4.65. The molecule has 0 unspecified atom stereocenters. The van der Waals surface area contributed by atoms with E-state index in [0.717, 1.165) is 42.2 Å². The van der Waals surface area contributed by atoms with E-state index in [0.29, 0.717) is 0 Å². The van der Waals surface area contributed by atoms with Crippen LogP contribution in [0, 0.1) is 0 Å². The summed E-state index contributed by atoms with van der Waals surface area (Å²) >= 11 is 0. The number of rotatable bonds is 7. The SMILES string of the molecule is CCCOc1ccc(Cn2c(/C=C/c3ccccc3)nc3ccccc32)cc1. The van der Waals surface area contributed by atoms with Crippen LogP contribution in [0.5, 0.6) is 5.75 Å². The van der Waals surface area contributed by atoms with Crippen LogP contribution in [0.1, 0.15) is 30.3 Å². The van der Waals surface area contributed by atoms with E-state index < -0.39 is 0 Å². The molecule has 3 nitrogen and oxygen atoms in total. The first-order valence-corrected chi connectivity index (χ1v) is 9.73. The monoisotopic (exact) mass is 368 g/mol. The quantitative estimate of drug-likeness (QED) is 0.397. The Labute approximate surface area is 165 Å². The van der Waals surface area contributed by atoms with E-state index in [9.17, 15) is 0 Å². The Hall–Kier alpha value is -3.33. The molecule has 3 aromatic carbocycles. The molecule has 0 bridgehead atoms. The number of hydrogen-bond acceptors (Lipinski definition) is 2. The van der Waals surface area contributed by atoms with Crippen LogP contribution in [0.2, 0.25) is 0 Å². The summed E-state index contributed by atoms with van der Waals surface area (Å²) in [5.41, 5.74) is 4.54. The minimum absolute atomic E-state index is 0.750. The summed E-state index contributed by atoms with van der Waals surface area (Å²) in [5.74, 6) is 1.88. The van der Waals surface area contributed by atoms with Crippen molar-refractivity contribution in [2.24, 2.45) is 0 Å². The molecule has 28 heavy (non-hydrogen) atoms. The fourth-order valence-corrected chi connectivity index (χ4v) is 3.22. The zero-order chi connectivity index (χ0) is 19.2. The molecular formula is C25H24N2O. The molecule has 0 aliphatic heterocycles. The molecule has 0 atom stereocenters. The van der Waals surface area contributed by atoms with Crippen LogP contribution in [0.15, 0.2) is 78.9 Å². The number of fused-ring (bicyclic) bond motifs is 1. The first-order chi connectivity index (χ1) is 13.8. The molecule has 4 rings (SSSR count). The van der Waals surface area contributed by atoms with Gasteiger partial charge in [0.1, 0.15) is 11.6 Å². The molecule has 0 radical (unpaired) electrons. The van der Waals surface area contributed by atoms with E-state index in [1.165, 1.54) is 11.1 Å². The molecule has 4 aromatic rings. The molecule has 1 heterocycles. The van der Waals surface area contributed by atoms with Crippen molar-refractivity contribution in [2.45, 2.75) is 19.9 Å². The highest BCUT2D eigenvalue weighted by atomic mass is 16.5. The van der Waals surface area contributed by atoms with Gasteiger partial charge in [-0.3, -0.25) is 0 Å². The lowest BCUT2D eigenvalue weighted by molar-refractivity contribution is 0.317. The highest BCUT2D eigenvalue weighted by Gasteiger charge is 2.09. The van der Waals surface area contributed by atoms with Gasteiger partial charge in [-0.15, -0.1) is 0 Å². The number of aromatic nitrogens is 2. The Morgan fingerprint density at radius 2 is 1.61 bits per heavy atom. The lowest BCUT2D eigenvalue weighted by atomic mass is 10.2. The minimum Gasteiger partial charge on any atom is -0.494 e. The van der Waals surface area contributed by atoms with Gasteiger partial charge in [0.05, 0.1) is 17.6 Å². The van der Waals surface area contributed by atoms with Gasteiger partial charge in [0.25, 0.3) is 0 Å². The summed E-state index contributed by atoms with van der Waals surface area (Å²) in [7, 11) is 0. The van der Waals surface area contributed by atoms with E-state index in [4.69, 9.17) is 9.72 Å². The Morgan fingerprint density at radius 3 is 2.39 bits per heavy atom. The van der Waals surface area contributed by atoms with Crippen LogP contribution in [0.25, 0.3) is 23.2 Å². The molecule has 3 heteroatoms. The number of para-hydroxylation sites is 2. The van der Waals surface area contributed by atoms with Crippen LogP contribution in [-0.4, -0.2) is 16.2 Å². The van der Waals surface area contributed by atoms with E-state index in [2.05, 4.69) is 66.1 Å². The number of ether oxygens (including phenoxy) is 1. The summed E-state index contributed by atoms with van der Waals surface area (Å²) in [5, 5.41) is 0. The Bertz CT molecular complexity index is 1060. The molecule has 0 saturated heterocycles. The van der Waals surface area contributed by atoms with Crippen LogP contribution in [0.3, 0.4) is 0 Å². The molecular weight excluding hydrogens is 344 g/mol. The van der Waals surface area contributed by atoms with Gasteiger partial charge in [0, 0.05) is 6.54 Å². The third kappa shape index (κ3) is 4.15. The molecule has 140 valence electrons. The fourth-order valence-electron chi connectivity index (χ4n) is 3.22. The van der Waals surface area contributed by atoms with Crippen molar-refractivity contribution in [1.82, 2.24) is 9.55 Å².